The summed E-state index contributed by atoms with van der Waals surface area (Å²) in [4.78, 5) is 3.98. The van der Waals surface area contributed by atoms with Gasteiger partial charge in [0.15, 0.2) is 5.82 Å². The lowest BCUT2D eigenvalue weighted by atomic mass is 9.88. The fourth-order valence-corrected chi connectivity index (χ4v) is 3.00. The summed E-state index contributed by atoms with van der Waals surface area (Å²) < 4.78 is 7.73. The van der Waals surface area contributed by atoms with Crippen molar-refractivity contribution in [1.29, 1.82) is 0 Å². The number of ether oxygens (including phenoxy) is 1. The Labute approximate surface area is 116 Å². The lowest BCUT2D eigenvalue weighted by Gasteiger charge is -2.16. The normalized spacial score (nSPS) is 29.9. The van der Waals surface area contributed by atoms with E-state index in [0.717, 1.165) is 11.2 Å². The lowest BCUT2D eigenvalue weighted by molar-refractivity contribution is -0.00243. The second kappa shape index (κ2) is 4.88. The highest BCUT2D eigenvalue weighted by molar-refractivity contribution is 5.65. The highest BCUT2D eigenvalue weighted by Gasteiger charge is 2.41. The second-order valence-corrected chi connectivity index (χ2v) is 5.15. The first kappa shape index (κ1) is 13.1. The van der Waals surface area contributed by atoms with Gasteiger partial charge in [-0.1, -0.05) is 13.0 Å². The Morgan fingerprint density at radius 1 is 1.55 bits per heavy atom. The molecule has 6 nitrogen and oxygen atoms in total. The van der Waals surface area contributed by atoms with E-state index < -0.39 is 0 Å². The van der Waals surface area contributed by atoms with Gasteiger partial charge in [-0.05, 0) is 18.1 Å². The molecule has 1 aliphatic heterocycles. The molecule has 0 saturated carbocycles. The van der Waals surface area contributed by atoms with Crippen molar-refractivity contribution in [1.82, 2.24) is 14.6 Å². The maximum atomic E-state index is 9.43. The third-order valence-electron chi connectivity index (χ3n) is 4.09. The molecule has 106 valence electrons. The van der Waals surface area contributed by atoms with Gasteiger partial charge >= 0.3 is 0 Å². The van der Waals surface area contributed by atoms with Gasteiger partial charge in [-0.2, -0.15) is 5.10 Å². The summed E-state index contributed by atoms with van der Waals surface area (Å²) in [5.41, 5.74) is 7.53. The molecule has 3 rings (SSSR count). The van der Waals surface area contributed by atoms with E-state index in [-0.39, 0.29) is 30.7 Å². The molecule has 0 bridgehead atoms. The van der Waals surface area contributed by atoms with Crippen LogP contribution in [0.4, 0.5) is 5.82 Å². The van der Waals surface area contributed by atoms with Crippen LogP contribution >= 0.6 is 0 Å². The fourth-order valence-electron chi connectivity index (χ4n) is 3.00. The molecular weight excluding hydrogens is 256 g/mol. The zero-order valence-electron chi connectivity index (χ0n) is 11.3. The smallest absolute Gasteiger partial charge is 0.151 e. The van der Waals surface area contributed by atoms with Crippen LogP contribution in [0.5, 0.6) is 0 Å². The van der Waals surface area contributed by atoms with Crippen LogP contribution in [0.15, 0.2) is 31.1 Å². The molecule has 0 aromatic carbocycles. The number of anilines is 1. The number of fused-ring (bicyclic) bond motifs is 1. The number of nitrogens with zero attached hydrogens (tertiary/aromatic N) is 3. The molecule has 3 N–H and O–H groups in total. The first-order valence-corrected chi connectivity index (χ1v) is 6.64. The van der Waals surface area contributed by atoms with E-state index in [2.05, 4.69) is 23.6 Å². The number of rotatable bonds is 3. The van der Waals surface area contributed by atoms with Crippen molar-refractivity contribution < 1.29 is 9.84 Å². The number of aromatic nitrogens is 3. The summed E-state index contributed by atoms with van der Waals surface area (Å²) in [6.07, 6.45) is 2.91. The molecule has 1 aliphatic rings. The third kappa shape index (κ3) is 1.80. The lowest BCUT2D eigenvalue weighted by Crippen LogP contribution is -2.20. The Morgan fingerprint density at radius 3 is 3.00 bits per heavy atom. The number of hydrogen-bond donors (Lipinski definition) is 2. The van der Waals surface area contributed by atoms with Gasteiger partial charge in [0.2, 0.25) is 0 Å². The average molecular weight is 274 g/mol. The third-order valence-corrected chi connectivity index (χ3v) is 4.09. The standard InChI is InChI=1S/C14H18N4O2/c1-3-9-8(2)13(20-12(9)6-19)10-4-5-11-14(15)16-7-17-18(10)11/h3-5,7-9,12-13,19H,1,6H2,2H3,(H2,15,16,17). The van der Waals surface area contributed by atoms with Gasteiger partial charge in [-0.3, -0.25) is 0 Å². The first-order valence-electron chi connectivity index (χ1n) is 6.64. The SMILES string of the molecule is C=CC1C(CO)OC(c2ccc3c(N)ncnn23)C1C. The molecule has 4 unspecified atom stereocenters. The van der Waals surface area contributed by atoms with E-state index in [1.54, 1.807) is 4.52 Å². The number of hydrogen-bond acceptors (Lipinski definition) is 5. The molecule has 0 spiro atoms. The van der Waals surface area contributed by atoms with E-state index in [9.17, 15) is 5.11 Å². The summed E-state index contributed by atoms with van der Waals surface area (Å²) in [5.74, 6) is 0.768. The van der Waals surface area contributed by atoms with Crippen LogP contribution in [0.25, 0.3) is 5.52 Å². The molecule has 2 aromatic heterocycles. The highest BCUT2D eigenvalue weighted by Crippen LogP contribution is 2.42. The molecule has 6 heteroatoms. The second-order valence-electron chi connectivity index (χ2n) is 5.15. The van der Waals surface area contributed by atoms with Crippen molar-refractivity contribution in [3.05, 3.63) is 36.8 Å². The van der Waals surface area contributed by atoms with Gasteiger partial charge in [0, 0.05) is 5.92 Å². The van der Waals surface area contributed by atoms with Crippen molar-refractivity contribution in [2.24, 2.45) is 11.8 Å². The summed E-state index contributed by atoms with van der Waals surface area (Å²) in [6.45, 7) is 5.92. The quantitative estimate of drug-likeness (QED) is 0.821. The number of aliphatic hydroxyl groups is 1. The molecular formula is C14H18N4O2. The van der Waals surface area contributed by atoms with Gasteiger partial charge in [0.1, 0.15) is 17.9 Å². The monoisotopic (exact) mass is 274 g/mol. The Kier molecular flexibility index (Phi) is 3.19. The van der Waals surface area contributed by atoms with Crippen LogP contribution in [-0.2, 0) is 4.74 Å². The Bertz CT molecular complexity index is 639. The first-order chi connectivity index (χ1) is 9.67. The van der Waals surface area contributed by atoms with E-state index >= 15 is 0 Å². The van der Waals surface area contributed by atoms with Crippen molar-refractivity contribution in [3.8, 4) is 0 Å². The van der Waals surface area contributed by atoms with Crippen molar-refractivity contribution in [2.45, 2.75) is 19.1 Å². The van der Waals surface area contributed by atoms with Crippen LogP contribution in [0.2, 0.25) is 0 Å². The topological polar surface area (TPSA) is 85.7 Å². The molecule has 2 aromatic rings. The number of nitrogen functional groups attached to an aromatic ring is 1. The maximum Gasteiger partial charge on any atom is 0.151 e. The summed E-state index contributed by atoms with van der Waals surface area (Å²) in [6, 6.07) is 3.83. The number of aliphatic hydroxyl groups excluding tert-OH is 1. The van der Waals surface area contributed by atoms with Gasteiger partial charge < -0.3 is 15.6 Å². The summed E-state index contributed by atoms with van der Waals surface area (Å²) >= 11 is 0. The largest absolute Gasteiger partial charge is 0.394 e. The minimum Gasteiger partial charge on any atom is -0.394 e. The summed E-state index contributed by atoms with van der Waals surface area (Å²) in [5, 5.41) is 13.7. The zero-order valence-corrected chi connectivity index (χ0v) is 11.3. The predicted molar refractivity (Wildman–Crippen MR) is 75.0 cm³/mol. The molecule has 0 aliphatic carbocycles. The van der Waals surface area contributed by atoms with E-state index in [4.69, 9.17) is 10.5 Å². The number of nitrogens with two attached hydrogens (primary N) is 1. The minimum atomic E-state index is -0.225. The maximum absolute atomic E-state index is 9.43. The van der Waals surface area contributed by atoms with Gasteiger partial charge in [-0.25, -0.2) is 9.50 Å². The van der Waals surface area contributed by atoms with Crippen LogP contribution in [-0.4, -0.2) is 32.4 Å². The van der Waals surface area contributed by atoms with Crippen molar-refractivity contribution in [3.63, 3.8) is 0 Å². The average Bonchev–Trinajstić information content (AvgIpc) is 3.00. The molecule has 1 fully saturated rings. The molecule has 4 atom stereocenters. The molecule has 20 heavy (non-hydrogen) atoms. The van der Waals surface area contributed by atoms with E-state index in [1.807, 2.05) is 18.2 Å². The predicted octanol–water partition coefficient (Wildman–Crippen LogP) is 1.18. The van der Waals surface area contributed by atoms with Crippen molar-refractivity contribution >= 4 is 11.3 Å². The minimum absolute atomic E-state index is 0.0159. The Morgan fingerprint density at radius 2 is 2.35 bits per heavy atom. The van der Waals surface area contributed by atoms with Gasteiger partial charge in [-0.15, -0.1) is 6.58 Å². The van der Waals surface area contributed by atoms with Crippen LogP contribution in [0.1, 0.15) is 18.7 Å². The zero-order chi connectivity index (χ0) is 14.3. The van der Waals surface area contributed by atoms with Crippen LogP contribution in [0.3, 0.4) is 0 Å². The van der Waals surface area contributed by atoms with E-state index in [0.29, 0.717) is 5.82 Å². The van der Waals surface area contributed by atoms with E-state index in [1.165, 1.54) is 6.33 Å². The Hall–Kier alpha value is -1.92. The van der Waals surface area contributed by atoms with Crippen LogP contribution < -0.4 is 5.73 Å². The molecule has 3 heterocycles. The highest BCUT2D eigenvalue weighted by atomic mass is 16.5. The van der Waals surface area contributed by atoms with Crippen LogP contribution in [0, 0.1) is 11.8 Å². The molecule has 0 amide bonds. The molecule has 1 saturated heterocycles. The van der Waals surface area contributed by atoms with Crippen molar-refractivity contribution in [2.75, 3.05) is 12.3 Å². The fraction of sp³-hybridized carbons (Fsp3) is 0.429. The summed E-state index contributed by atoms with van der Waals surface area (Å²) in [7, 11) is 0. The molecule has 0 radical (unpaired) electrons. The Balaban J connectivity index is 2.04. The van der Waals surface area contributed by atoms with Gasteiger partial charge in [0.05, 0.1) is 18.4 Å². The van der Waals surface area contributed by atoms with Gasteiger partial charge in [0.25, 0.3) is 0 Å².